The van der Waals surface area contributed by atoms with Crippen LogP contribution in [0, 0.1) is 0 Å². The van der Waals surface area contributed by atoms with Crippen LogP contribution in [0.2, 0.25) is 19.6 Å². The highest BCUT2D eigenvalue weighted by Gasteiger charge is 2.14. The van der Waals surface area contributed by atoms with E-state index in [0.29, 0.717) is 5.56 Å². The maximum Gasteiger partial charge on any atom is 0.337 e. The molecule has 82 valence electrons. The van der Waals surface area contributed by atoms with Crippen molar-refractivity contribution in [1.29, 1.82) is 0 Å². The molecule has 0 bridgehead atoms. The first-order chi connectivity index (χ1) is 6.92. The fourth-order valence-electron chi connectivity index (χ4n) is 1.54. The minimum Gasteiger partial charge on any atom is -0.465 e. The summed E-state index contributed by atoms with van der Waals surface area (Å²) in [6.07, 6.45) is 0. The Morgan fingerprint density at radius 1 is 1.33 bits per heavy atom. The highest BCUT2D eigenvalue weighted by Crippen LogP contribution is 2.13. The van der Waals surface area contributed by atoms with Crippen molar-refractivity contribution in [2.75, 3.05) is 7.11 Å². The second-order valence-corrected chi connectivity index (χ2v) is 10.4. The maximum atomic E-state index is 11.3. The van der Waals surface area contributed by atoms with E-state index in [1.807, 2.05) is 12.1 Å². The van der Waals surface area contributed by atoms with Crippen molar-refractivity contribution in [3.05, 3.63) is 35.4 Å². The van der Waals surface area contributed by atoms with Gasteiger partial charge in [-0.25, -0.2) is 4.79 Å². The average molecular weight is 222 g/mol. The molecule has 0 spiro atoms. The van der Waals surface area contributed by atoms with Crippen molar-refractivity contribution in [3.8, 4) is 0 Å². The van der Waals surface area contributed by atoms with Crippen molar-refractivity contribution in [3.63, 3.8) is 0 Å². The highest BCUT2D eigenvalue weighted by atomic mass is 28.3. The maximum absolute atomic E-state index is 11.3. The lowest BCUT2D eigenvalue weighted by Crippen LogP contribution is -2.24. The van der Waals surface area contributed by atoms with Gasteiger partial charge in [0.25, 0.3) is 0 Å². The molecule has 0 saturated heterocycles. The molecule has 0 fully saturated rings. The second kappa shape index (κ2) is 4.62. The van der Waals surface area contributed by atoms with Crippen LogP contribution >= 0.6 is 0 Å². The van der Waals surface area contributed by atoms with E-state index in [0.717, 1.165) is 6.04 Å². The summed E-state index contributed by atoms with van der Waals surface area (Å²) in [5, 5.41) is 0. The summed E-state index contributed by atoms with van der Waals surface area (Å²) in [4.78, 5) is 11.3. The molecule has 0 aliphatic heterocycles. The molecule has 3 heteroatoms. The Morgan fingerprint density at radius 3 is 2.53 bits per heavy atom. The summed E-state index contributed by atoms with van der Waals surface area (Å²) >= 11 is 0. The topological polar surface area (TPSA) is 26.3 Å². The molecule has 0 aliphatic rings. The molecule has 1 aromatic rings. The number of esters is 1. The number of rotatable bonds is 3. The van der Waals surface area contributed by atoms with Crippen molar-refractivity contribution in [1.82, 2.24) is 0 Å². The monoisotopic (exact) mass is 222 g/mol. The molecule has 0 N–H and O–H groups in total. The van der Waals surface area contributed by atoms with Gasteiger partial charge in [0.05, 0.1) is 12.7 Å². The van der Waals surface area contributed by atoms with Gasteiger partial charge in [-0.1, -0.05) is 31.8 Å². The normalized spacial score (nSPS) is 11.2. The van der Waals surface area contributed by atoms with Crippen LogP contribution in [0.25, 0.3) is 0 Å². The number of methoxy groups -OCH3 is 1. The van der Waals surface area contributed by atoms with Gasteiger partial charge in [-0.2, -0.15) is 0 Å². The molecule has 2 nitrogen and oxygen atoms in total. The zero-order valence-electron chi connectivity index (χ0n) is 9.83. The standard InChI is InChI=1S/C12H18O2Si/c1-14-12(13)11-7-5-6-10(8-11)9-15(2,3)4/h5-8H,9H2,1-4H3. The molecule has 0 amide bonds. The van der Waals surface area contributed by atoms with E-state index in [-0.39, 0.29) is 5.97 Å². The number of carbonyl (C=O) groups excluding carboxylic acids is 1. The Labute approximate surface area is 92.3 Å². The Bertz CT molecular complexity index is 353. The predicted molar refractivity (Wildman–Crippen MR) is 64.8 cm³/mol. The van der Waals surface area contributed by atoms with E-state index in [2.05, 4.69) is 25.7 Å². The molecule has 0 atom stereocenters. The fraction of sp³-hybridized carbons (Fsp3) is 0.417. The van der Waals surface area contributed by atoms with Gasteiger partial charge in [0.1, 0.15) is 0 Å². The molecule has 0 radical (unpaired) electrons. The first-order valence-corrected chi connectivity index (χ1v) is 8.80. The molecule has 15 heavy (non-hydrogen) atoms. The van der Waals surface area contributed by atoms with Crippen LogP contribution in [0.4, 0.5) is 0 Å². The van der Waals surface area contributed by atoms with Crippen LogP contribution in [0.3, 0.4) is 0 Å². The fourth-order valence-corrected chi connectivity index (χ4v) is 2.98. The third kappa shape index (κ3) is 3.87. The Hall–Kier alpha value is -1.09. The first kappa shape index (κ1) is 12.0. The van der Waals surface area contributed by atoms with Gasteiger partial charge < -0.3 is 4.74 Å². The van der Waals surface area contributed by atoms with E-state index in [1.165, 1.54) is 12.7 Å². The zero-order chi connectivity index (χ0) is 11.5. The van der Waals surface area contributed by atoms with Gasteiger partial charge in [-0.15, -0.1) is 0 Å². The van der Waals surface area contributed by atoms with Crippen LogP contribution in [-0.4, -0.2) is 21.2 Å². The van der Waals surface area contributed by atoms with E-state index in [9.17, 15) is 4.79 Å². The number of benzene rings is 1. The predicted octanol–water partition coefficient (Wildman–Crippen LogP) is 2.89. The SMILES string of the molecule is COC(=O)c1cccc(C[Si](C)(C)C)c1. The lowest BCUT2D eigenvalue weighted by Gasteiger charge is -2.15. The number of hydrogen-bond donors (Lipinski definition) is 0. The van der Waals surface area contributed by atoms with E-state index < -0.39 is 8.07 Å². The number of hydrogen-bond acceptors (Lipinski definition) is 2. The Morgan fingerprint density at radius 2 is 2.00 bits per heavy atom. The van der Waals surface area contributed by atoms with Gasteiger partial charge in [-0.3, -0.25) is 0 Å². The van der Waals surface area contributed by atoms with Crippen LogP contribution < -0.4 is 0 Å². The first-order valence-electron chi connectivity index (χ1n) is 5.09. The van der Waals surface area contributed by atoms with Crippen molar-refractivity contribution < 1.29 is 9.53 Å². The molecular formula is C12H18O2Si. The summed E-state index contributed by atoms with van der Waals surface area (Å²) in [6.45, 7) is 6.95. The van der Waals surface area contributed by atoms with Crippen molar-refractivity contribution in [2.24, 2.45) is 0 Å². The summed E-state index contributed by atoms with van der Waals surface area (Å²) in [7, 11) is 0.292. The summed E-state index contributed by atoms with van der Waals surface area (Å²) in [5.41, 5.74) is 1.88. The van der Waals surface area contributed by atoms with E-state index in [1.54, 1.807) is 6.07 Å². The van der Waals surface area contributed by atoms with E-state index in [4.69, 9.17) is 4.74 Å². The Kier molecular flexibility index (Phi) is 3.69. The summed E-state index contributed by atoms with van der Waals surface area (Å²) in [6, 6.07) is 8.81. The average Bonchev–Trinajstić information content (AvgIpc) is 2.14. The van der Waals surface area contributed by atoms with Crippen LogP contribution in [0.1, 0.15) is 15.9 Å². The summed E-state index contributed by atoms with van der Waals surface area (Å²) in [5.74, 6) is -0.257. The van der Waals surface area contributed by atoms with Gasteiger partial charge in [0.15, 0.2) is 0 Å². The molecule has 1 aromatic carbocycles. The van der Waals surface area contributed by atoms with Gasteiger partial charge in [0, 0.05) is 8.07 Å². The molecule has 0 unspecified atom stereocenters. The molecule has 0 aromatic heterocycles. The Balaban J connectivity index is 2.88. The minimum absolute atomic E-state index is 0.257. The zero-order valence-corrected chi connectivity index (χ0v) is 10.8. The largest absolute Gasteiger partial charge is 0.465 e. The third-order valence-corrected chi connectivity index (χ3v) is 3.55. The van der Waals surface area contributed by atoms with Crippen LogP contribution in [0.15, 0.2) is 24.3 Å². The quantitative estimate of drug-likeness (QED) is 0.580. The molecule has 0 saturated carbocycles. The molecule has 0 aliphatic carbocycles. The molecule has 0 heterocycles. The van der Waals surface area contributed by atoms with E-state index >= 15 is 0 Å². The van der Waals surface area contributed by atoms with Gasteiger partial charge in [-0.05, 0) is 23.7 Å². The van der Waals surface area contributed by atoms with Gasteiger partial charge >= 0.3 is 5.97 Å². The lowest BCUT2D eigenvalue weighted by molar-refractivity contribution is 0.0600. The molecular weight excluding hydrogens is 204 g/mol. The smallest absolute Gasteiger partial charge is 0.337 e. The minimum atomic E-state index is -1.12. The van der Waals surface area contributed by atoms with Crippen molar-refractivity contribution in [2.45, 2.75) is 25.7 Å². The second-order valence-electron chi connectivity index (χ2n) is 4.93. The van der Waals surface area contributed by atoms with Crippen LogP contribution in [-0.2, 0) is 10.8 Å². The molecule has 1 rings (SSSR count). The lowest BCUT2D eigenvalue weighted by atomic mass is 10.1. The van der Waals surface area contributed by atoms with Gasteiger partial charge in [0.2, 0.25) is 0 Å². The highest BCUT2D eigenvalue weighted by molar-refractivity contribution is 6.75. The van der Waals surface area contributed by atoms with Crippen molar-refractivity contribution >= 4 is 14.0 Å². The summed E-state index contributed by atoms with van der Waals surface area (Å²) < 4.78 is 4.69. The van der Waals surface area contributed by atoms with Crippen LogP contribution in [0.5, 0.6) is 0 Å². The third-order valence-electron chi connectivity index (χ3n) is 2.08. The number of carbonyl (C=O) groups is 1. The number of ether oxygens (including phenoxy) is 1.